The molecule has 0 atom stereocenters. The third-order valence-electron chi connectivity index (χ3n) is 4.69. The first-order valence-corrected chi connectivity index (χ1v) is 10.5. The van der Waals surface area contributed by atoms with E-state index in [2.05, 4.69) is 42.6 Å². The molecule has 6 heteroatoms. The van der Waals surface area contributed by atoms with Gasteiger partial charge in [0, 0.05) is 17.5 Å². The molecule has 1 aliphatic heterocycles. The van der Waals surface area contributed by atoms with Crippen LogP contribution >= 0.6 is 11.3 Å². The van der Waals surface area contributed by atoms with Gasteiger partial charge in [-0.25, -0.2) is 0 Å². The molecule has 148 valence electrons. The van der Waals surface area contributed by atoms with Gasteiger partial charge in [0.1, 0.15) is 31.5 Å². The second-order valence-electron chi connectivity index (χ2n) is 6.67. The van der Waals surface area contributed by atoms with Crippen molar-refractivity contribution in [2.24, 2.45) is 0 Å². The minimum absolute atomic E-state index is 0.428. The highest BCUT2D eigenvalue weighted by Gasteiger charge is 2.18. The average molecular weight is 407 g/mol. The molecule has 0 aliphatic carbocycles. The molecular weight excluding hydrogens is 384 g/mol. The van der Waals surface area contributed by atoms with Crippen molar-refractivity contribution in [3.8, 4) is 33.8 Å². The van der Waals surface area contributed by atoms with Gasteiger partial charge in [-0.15, -0.1) is 11.3 Å². The Kier molecular flexibility index (Phi) is 5.99. The van der Waals surface area contributed by atoms with E-state index < -0.39 is 0 Å². The molecule has 2 aromatic carbocycles. The fraction of sp³-hybridized carbons (Fsp3) is 0.261. The summed E-state index contributed by atoms with van der Waals surface area (Å²) in [6, 6.07) is 16.4. The smallest absolute Gasteiger partial charge is 0.192 e. The average Bonchev–Trinajstić information content (AvgIpc) is 3.19. The first-order chi connectivity index (χ1) is 14.3. The molecule has 3 aromatic rings. The van der Waals surface area contributed by atoms with Crippen LogP contribution in [0.5, 0.6) is 16.6 Å². The maximum absolute atomic E-state index is 9.72. The van der Waals surface area contributed by atoms with Crippen LogP contribution < -0.4 is 19.5 Å². The first-order valence-electron chi connectivity index (χ1n) is 9.61. The third kappa shape index (κ3) is 4.37. The van der Waals surface area contributed by atoms with E-state index in [0.717, 1.165) is 35.5 Å². The van der Waals surface area contributed by atoms with Crippen LogP contribution in [0.25, 0.3) is 11.1 Å². The van der Waals surface area contributed by atoms with E-state index in [4.69, 9.17) is 14.2 Å². The number of hydrogen-bond acceptors (Lipinski definition) is 6. The normalized spacial score (nSPS) is 12.4. The minimum atomic E-state index is 0.428. The van der Waals surface area contributed by atoms with Crippen LogP contribution in [0, 0.1) is 11.3 Å². The molecule has 0 radical (unpaired) electrons. The van der Waals surface area contributed by atoms with E-state index >= 15 is 0 Å². The van der Waals surface area contributed by atoms with Gasteiger partial charge < -0.3 is 19.5 Å². The molecule has 0 saturated heterocycles. The molecule has 1 aromatic heterocycles. The van der Waals surface area contributed by atoms with E-state index in [9.17, 15) is 5.26 Å². The van der Waals surface area contributed by atoms with E-state index in [1.807, 2.05) is 23.6 Å². The summed E-state index contributed by atoms with van der Waals surface area (Å²) in [5, 5.41) is 15.6. The maximum atomic E-state index is 9.72. The van der Waals surface area contributed by atoms with Gasteiger partial charge in [0.25, 0.3) is 0 Å². The number of nitriles is 1. The predicted octanol–water partition coefficient (Wildman–Crippen LogP) is 4.75. The predicted molar refractivity (Wildman–Crippen MR) is 114 cm³/mol. The summed E-state index contributed by atoms with van der Waals surface area (Å²) in [7, 11) is 0. The zero-order valence-electron chi connectivity index (χ0n) is 16.2. The van der Waals surface area contributed by atoms with E-state index in [0.29, 0.717) is 36.2 Å². The van der Waals surface area contributed by atoms with E-state index in [1.165, 1.54) is 16.9 Å². The highest BCUT2D eigenvalue weighted by molar-refractivity contribution is 7.12. The number of thiophene rings is 1. The summed E-state index contributed by atoms with van der Waals surface area (Å²) in [6.45, 7) is 5.42. The standard InChI is InChI=1S/C23H22N2O3S/c1-2-25-13-16-3-5-17(6-4-16)14-28-23-19(12-24)20(15-29-23)18-7-8-21-22(11-18)27-10-9-26-21/h3-8,11,15,25H,2,9-10,13-14H2,1H3. The fourth-order valence-corrected chi connectivity index (χ4v) is 4.03. The Morgan fingerprint density at radius 3 is 2.59 bits per heavy atom. The van der Waals surface area contributed by atoms with Gasteiger partial charge in [0.05, 0.1) is 0 Å². The Morgan fingerprint density at radius 1 is 1.07 bits per heavy atom. The Balaban J connectivity index is 1.48. The number of benzene rings is 2. The number of nitrogens with one attached hydrogen (secondary N) is 1. The monoisotopic (exact) mass is 406 g/mol. The van der Waals surface area contributed by atoms with Gasteiger partial charge in [-0.05, 0) is 35.4 Å². The molecule has 0 fully saturated rings. The lowest BCUT2D eigenvalue weighted by Gasteiger charge is -2.18. The van der Waals surface area contributed by atoms with Crippen LogP contribution in [-0.4, -0.2) is 19.8 Å². The van der Waals surface area contributed by atoms with Crippen molar-refractivity contribution >= 4 is 11.3 Å². The van der Waals surface area contributed by atoms with Crippen molar-refractivity contribution in [1.29, 1.82) is 5.26 Å². The molecule has 29 heavy (non-hydrogen) atoms. The summed E-state index contributed by atoms with van der Waals surface area (Å²) in [6.07, 6.45) is 0. The molecule has 0 amide bonds. The number of fused-ring (bicyclic) bond motifs is 1. The molecule has 0 unspecified atom stereocenters. The fourth-order valence-electron chi connectivity index (χ4n) is 3.15. The van der Waals surface area contributed by atoms with Crippen LogP contribution in [0.1, 0.15) is 23.6 Å². The molecule has 0 bridgehead atoms. The maximum Gasteiger partial charge on any atom is 0.192 e. The number of nitrogens with zero attached hydrogens (tertiary/aromatic N) is 1. The molecule has 4 rings (SSSR count). The topological polar surface area (TPSA) is 63.5 Å². The molecule has 0 spiro atoms. The quantitative estimate of drug-likeness (QED) is 0.614. The van der Waals surface area contributed by atoms with E-state index in [-0.39, 0.29) is 0 Å². The Labute approximate surface area is 174 Å². The van der Waals surface area contributed by atoms with Crippen molar-refractivity contribution in [3.63, 3.8) is 0 Å². The second kappa shape index (κ2) is 8.99. The number of hydrogen-bond donors (Lipinski definition) is 1. The summed E-state index contributed by atoms with van der Waals surface area (Å²) >= 11 is 1.44. The SMILES string of the molecule is CCNCc1ccc(COc2scc(-c3ccc4c(c3)OCCO4)c2C#N)cc1. The van der Waals surface area contributed by atoms with E-state index in [1.54, 1.807) is 0 Å². The van der Waals surface area contributed by atoms with Crippen LogP contribution in [0.2, 0.25) is 0 Å². The molecule has 0 saturated carbocycles. The zero-order chi connectivity index (χ0) is 20.1. The first kappa shape index (κ1) is 19.3. The summed E-state index contributed by atoms with van der Waals surface area (Å²) in [5.74, 6) is 1.45. The molecule has 5 nitrogen and oxygen atoms in total. The Hall–Kier alpha value is -3.01. The number of ether oxygens (including phenoxy) is 3. The lowest BCUT2D eigenvalue weighted by atomic mass is 10.0. The van der Waals surface area contributed by atoms with Crippen LogP contribution in [-0.2, 0) is 13.2 Å². The summed E-state index contributed by atoms with van der Waals surface area (Å²) < 4.78 is 17.2. The Morgan fingerprint density at radius 2 is 1.83 bits per heavy atom. The van der Waals surface area contributed by atoms with Crippen molar-refractivity contribution in [2.75, 3.05) is 19.8 Å². The minimum Gasteiger partial charge on any atom is -0.486 e. The Bertz CT molecular complexity index is 1020. The molecule has 1 N–H and O–H groups in total. The van der Waals surface area contributed by atoms with Gasteiger partial charge in [-0.1, -0.05) is 37.3 Å². The third-order valence-corrected chi connectivity index (χ3v) is 5.58. The highest BCUT2D eigenvalue weighted by atomic mass is 32.1. The molecule has 2 heterocycles. The lowest BCUT2D eigenvalue weighted by Crippen LogP contribution is -2.15. The van der Waals surface area contributed by atoms with Crippen molar-refractivity contribution in [2.45, 2.75) is 20.1 Å². The highest BCUT2D eigenvalue weighted by Crippen LogP contribution is 2.40. The van der Waals surface area contributed by atoms with Crippen molar-refractivity contribution in [3.05, 3.63) is 64.5 Å². The van der Waals surface area contributed by atoms with Gasteiger partial charge in [0.2, 0.25) is 0 Å². The van der Waals surface area contributed by atoms with Crippen molar-refractivity contribution < 1.29 is 14.2 Å². The second-order valence-corrected chi connectivity index (χ2v) is 7.51. The van der Waals surface area contributed by atoms with Gasteiger partial charge in [0.15, 0.2) is 16.6 Å². The lowest BCUT2D eigenvalue weighted by molar-refractivity contribution is 0.171. The molecule has 1 aliphatic rings. The zero-order valence-corrected chi connectivity index (χ0v) is 17.1. The van der Waals surface area contributed by atoms with Crippen molar-refractivity contribution in [1.82, 2.24) is 5.32 Å². The van der Waals surface area contributed by atoms with Gasteiger partial charge in [-0.2, -0.15) is 5.26 Å². The van der Waals surface area contributed by atoms with Crippen LogP contribution in [0.4, 0.5) is 0 Å². The largest absolute Gasteiger partial charge is 0.486 e. The van der Waals surface area contributed by atoms with Crippen LogP contribution in [0.15, 0.2) is 47.8 Å². The molecular formula is C23H22N2O3S. The van der Waals surface area contributed by atoms with Gasteiger partial charge in [-0.3, -0.25) is 0 Å². The summed E-state index contributed by atoms with van der Waals surface area (Å²) in [5.41, 5.74) is 4.64. The van der Waals surface area contributed by atoms with Crippen LogP contribution in [0.3, 0.4) is 0 Å². The van der Waals surface area contributed by atoms with Gasteiger partial charge >= 0.3 is 0 Å². The number of rotatable bonds is 7. The summed E-state index contributed by atoms with van der Waals surface area (Å²) in [4.78, 5) is 0.